The fraction of sp³-hybridized carbons (Fsp3) is 0.188. The number of rotatable bonds is 2. The number of epoxide rings is 1. The second-order valence-electron chi connectivity index (χ2n) is 5.22. The molecule has 1 fully saturated rings. The summed E-state index contributed by atoms with van der Waals surface area (Å²) in [5, 5.41) is 1.00. The summed E-state index contributed by atoms with van der Waals surface area (Å²) < 4.78 is 21.8. The maximum absolute atomic E-state index is 13.5. The number of hydrogen-bond donors (Lipinski definition) is 0. The van der Waals surface area contributed by atoms with Crippen LogP contribution in [0.4, 0.5) is 4.39 Å². The molecule has 0 radical (unpaired) electrons. The van der Waals surface area contributed by atoms with Crippen LogP contribution in [0, 0.1) is 5.82 Å². The minimum Gasteiger partial charge on any atom is -0.371 e. The van der Waals surface area contributed by atoms with E-state index in [4.69, 9.17) is 4.74 Å². The number of pyridine rings is 1. The Kier molecular flexibility index (Phi) is 2.87. The number of aromatic nitrogens is 1. The van der Waals surface area contributed by atoms with Crippen LogP contribution in [0.25, 0.3) is 21.8 Å². The van der Waals surface area contributed by atoms with Crippen molar-refractivity contribution in [3.63, 3.8) is 0 Å². The summed E-state index contributed by atoms with van der Waals surface area (Å²) in [6.45, 7) is 1.39. The van der Waals surface area contributed by atoms with E-state index >= 15 is 0 Å². The Morgan fingerprint density at radius 1 is 1.19 bits per heavy atom. The van der Waals surface area contributed by atoms with Gasteiger partial charge < -0.3 is 9.30 Å². The Bertz CT molecular complexity index is 931. The molecule has 0 spiro atoms. The SMILES string of the molecule is O=c1c2cc(F)ccc2n(CC2CO2)c2cc(Br)ccc12. The van der Waals surface area contributed by atoms with Gasteiger partial charge in [0.1, 0.15) is 5.82 Å². The quantitative estimate of drug-likeness (QED) is 0.525. The molecule has 1 saturated heterocycles. The number of fused-ring (bicyclic) bond motifs is 2. The topological polar surface area (TPSA) is 34.5 Å². The third-order valence-corrected chi connectivity index (χ3v) is 4.27. The van der Waals surface area contributed by atoms with Crippen LogP contribution in [0.3, 0.4) is 0 Å². The lowest BCUT2D eigenvalue weighted by molar-refractivity contribution is 0.387. The van der Waals surface area contributed by atoms with Gasteiger partial charge in [0.25, 0.3) is 0 Å². The van der Waals surface area contributed by atoms with Gasteiger partial charge in [0.2, 0.25) is 0 Å². The van der Waals surface area contributed by atoms with Gasteiger partial charge in [-0.2, -0.15) is 0 Å². The molecule has 1 aromatic heterocycles. The summed E-state index contributed by atoms with van der Waals surface area (Å²) in [5.41, 5.74) is 1.44. The lowest BCUT2D eigenvalue weighted by atomic mass is 10.1. The van der Waals surface area contributed by atoms with Crippen LogP contribution in [-0.2, 0) is 11.3 Å². The molecule has 2 aromatic carbocycles. The number of halogens is 2. The average molecular weight is 348 g/mol. The van der Waals surface area contributed by atoms with Crippen molar-refractivity contribution in [3.8, 4) is 0 Å². The van der Waals surface area contributed by atoms with E-state index in [0.29, 0.717) is 17.3 Å². The zero-order valence-corrected chi connectivity index (χ0v) is 12.6. The highest BCUT2D eigenvalue weighted by molar-refractivity contribution is 9.10. The molecule has 0 N–H and O–H groups in total. The van der Waals surface area contributed by atoms with Gasteiger partial charge in [0.05, 0.1) is 30.3 Å². The van der Waals surface area contributed by atoms with Crippen LogP contribution in [-0.4, -0.2) is 17.3 Å². The summed E-state index contributed by atoms with van der Waals surface area (Å²) >= 11 is 3.44. The molecule has 0 amide bonds. The van der Waals surface area contributed by atoms with Gasteiger partial charge in [0, 0.05) is 15.2 Å². The number of hydrogen-bond acceptors (Lipinski definition) is 2. The summed E-state index contributed by atoms with van der Waals surface area (Å²) in [7, 11) is 0. The molecule has 2 heterocycles. The second kappa shape index (κ2) is 4.64. The molecule has 0 aliphatic carbocycles. The van der Waals surface area contributed by atoms with E-state index < -0.39 is 5.82 Å². The van der Waals surface area contributed by atoms with Crippen LogP contribution < -0.4 is 5.43 Å². The average Bonchev–Trinajstić information content (AvgIpc) is 3.27. The molecule has 21 heavy (non-hydrogen) atoms. The molecule has 3 nitrogen and oxygen atoms in total. The normalized spacial score (nSPS) is 17.5. The van der Waals surface area contributed by atoms with Crippen LogP contribution in [0.5, 0.6) is 0 Å². The maximum Gasteiger partial charge on any atom is 0.197 e. The largest absolute Gasteiger partial charge is 0.371 e. The maximum atomic E-state index is 13.5. The zero-order chi connectivity index (χ0) is 14.6. The number of nitrogens with zero attached hydrogens (tertiary/aromatic N) is 1. The van der Waals surface area contributed by atoms with Crippen molar-refractivity contribution in [2.24, 2.45) is 0 Å². The summed E-state index contributed by atoms with van der Waals surface area (Å²) in [6.07, 6.45) is 0.169. The van der Waals surface area contributed by atoms with E-state index in [2.05, 4.69) is 15.9 Å². The minimum absolute atomic E-state index is 0.139. The van der Waals surface area contributed by atoms with E-state index in [1.54, 1.807) is 12.1 Å². The smallest absolute Gasteiger partial charge is 0.197 e. The molecule has 1 aliphatic rings. The van der Waals surface area contributed by atoms with Gasteiger partial charge in [-0.15, -0.1) is 0 Å². The third-order valence-electron chi connectivity index (χ3n) is 3.78. The minimum atomic E-state index is -0.398. The molecular formula is C16H11BrFNO2. The Morgan fingerprint density at radius 3 is 2.76 bits per heavy atom. The Morgan fingerprint density at radius 2 is 2.00 bits per heavy atom. The van der Waals surface area contributed by atoms with E-state index in [0.717, 1.165) is 22.1 Å². The van der Waals surface area contributed by atoms with Crippen molar-refractivity contribution < 1.29 is 9.13 Å². The molecule has 106 valence electrons. The predicted molar refractivity (Wildman–Crippen MR) is 83.1 cm³/mol. The van der Waals surface area contributed by atoms with Crippen LogP contribution in [0.2, 0.25) is 0 Å². The van der Waals surface area contributed by atoms with Crippen molar-refractivity contribution in [3.05, 3.63) is 56.9 Å². The monoisotopic (exact) mass is 347 g/mol. The fourth-order valence-corrected chi connectivity index (χ4v) is 3.04. The standard InChI is InChI=1S/C16H11BrFNO2/c17-9-1-3-12-15(5-9)19(7-11-8-21-11)14-4-2-10(18)6-13(14)16(12)20/h1-6,11H,7-8H2. The summed E-state index contributed by atoms with van der Waals surface area (Å²) in [4.78, 5) is 12.6. The van der Waals surface area contributed by atoms with Crippen molar-refractivity contribution in [1.29, 1.82) is 0 Å². The lowest BCUT2D eigenvalue weighted by Crippen LogP contribution is -2.14. The van der Waals surface area contributed by atoms with Crippen LogP contribution in [0.15, 0.2) is 45.7 Å². The van der Waals surface area contributed by atoms with E-state index in [1.807, 2.05) is 16.7 Å². The molecule has 4 rings (SSSR count). The van der Waals surface area contributed by atoms with Gasteiger partial charge >= 0.3 is 0 Å². The summed E-state index contributed by atoms with van der Waals surface area (Å²) in [5.74, 6) is -0.398. The molecule has 0 bridgehead atoms. The first-order chi connectivity index (χ1) is 10.1. The highest BCUT2D eigenvalue weighted by Crippen LogP contribution is 2.25. The van der Waals surface area contributed by atoms with E-state index in [-0.39, 0.29) is 11.5 Å². The van der Waals surface area contributed by atoms with Gasteiger partial charge in [-0.1, -0.05) is 15.9 Å². The molecule has 5 heteroatoms. The molecule has 0 saturated carbocycles. The Hall–Kier alpha value is -1.72. The number of ether oxygens (including phenoxy) is 1. The van der Waals surface area contributed by atoms with Crippen molar-refractivity contribution in [1.82, 2.24) is 4.57 Å². The van der Waals surface area contributed by atoms with Crippen LogP contribution >= 0.6 is 15.9 Å². The molecule has 1 unspecified atom stereocenters. The highest BCUT2D eigenvalue weighted by Gasteiger charge is 2.24. The molecule has 3 aromatic rings. The van der Waals surface area contributed by atoms with Crippen molar-refractivity contribution in [2.75, 3.05) is 6.61 Å². The molecule has 1 atom stereocenters. The Balaban J connectivity index is 2.17. The van der Waals surface area contributed by atoms with Gasteiger partial charge in [-0.05, 0) is 36.4 Å². The fourth-order valence-electron chi connectivity index (χ4n) is 2.69. The van der Waals surface area contributed by atoms with Crippen LogP contribution in [0.1, 0.15) is 0 Å². The molecular weight excluding hydrogens is 337 g/mol. The van der Waals surface area contributed by atoms with E-state index in [9.17, 15) is 9.18 Å². The van der Waals surface area contributed by atoms with Gasteiger partial charge in [-0.3, -0.25) is 4.79 Å². The molecule has 1 aliphatic heterocycles. The lowest BCUT2D eigenvalue weighted by Gasteiger charge is -2.14. The van der Waals surface area contributed by atoms with Crippen molar-refractivity contribution in [2.45, 2.75) is 12.6 Å². The first-order valence-corrected chi connectivity index (χ1v) is 7.46. The zero-order valence-electron chi connectivity index (χ0n) is 11.0. The van der Waals surface area contributed by atoms with Gasteiger partial charge in [-0.25, -0.2) is 4.39 Å². The second-order valence-corrected chi connectivity index (χ2v) is 6.13. The van der Waals surface area contributed by atoms with Gasteiger partial charge in [0.15, 0.2) is 5.43 Å². The summed E-state index contributed by atoms with van der Waals surface area (Å²) in [6, 6.07) is 9.87. The van der Waals surface area contributed by atoms with Crippen molar-refractivity contribution >= 4 is 37.7 Å². The van der Waals surface area contributed by atoms with E-state index in [1.165, 1.54) is 12.1 Å². The Labute approximate surface area is 128 Å². The first kappa shape index (κ1) is 13.0. The number of benzene rings is 2. The highest BCUT2D eigenvalue weighted by atomic mass is 79.9. The third kappa shape index (κ3) is 2.17. The predicted octanol–water partition coefficient (Wildman–Crippen LogP) is 3.46. The first-order valence-electron chi connectivity index (χ1n) is 6.66.